The van der Waals surface area contributed by atoms with Crippen LogP contribution < -0.4 is 19.8 Å². The van der Waals surface area contributed by atoms with E-state index in [0.717, 1.165) is 24.1 Å². The molecule has 1 fully saturated rings. The molecule has 0 bridgehead atoms. The second-order valence-electron chi connectivity index (χ2n) is 9.86. The minimum atomic E-state index is -3.02. The van der Waals surface area contributed by atoms with E-state index in [2.05, 4.69) is 20.0 Å². The van der Waals surface area contributed by atoms with Crippen LogP contribution in [0.3, 0.4) is 0 Å². The van der Waals surface area contributed by atoms with Gasteiger partial charge in [0.1, 0.15) is 16.1 Å². The van der Waals surface area contributed by atoms with E-state index in [1.54, 1.807) is 49.1 Å². The van der Waals surface area contributed by atoms with E-state index >= 15 is 0 Å². The van der Waals surface area contributed by atoms with Crippen LogP contribution in [0.2, 0.25) is 10.0 Å². The fourth-order valence-electron chi connectivity index (χ4n) is 4.23. The number of aromatic nitrogens is 2. The summed E-state index contributed by atoms with van der Waals surface area (Å²) in [5, 5.41) is 3.98. The molecule has 2 aromatic carbocycles. The number of aromatic amines is 1. The number of benzene rings is 2. The standard InChI is InChI=1S/C31H27Cl2F2N3O4/c32-25-16-37-17-26(33)24(25)13-28(22-9-10-27(42-31(34)35)29(12-22)40-18-20-3-4-20)41-30(39)21-7-5-19(6-8-21)14-38-23-2-1-11-36-15-23/h1-2,5-12,15-17,20,28,31,38H,3-4,13-14,18H2/p+1/t28-/m0/s1. The Balaban J connectivity index is 1.37. The number of pyridine rings is 2. The maximum atomic E-state index is 13.3. The Hall–Kier alpha value is -3.95. The smallest absolute Gasteiger partial charge is 0.387 e. The molecule has 2 aromatic heterocycles. The summed E-state index contributed by atoms with van der Waals surface area (Å²) in [7, 11) is 0. The van der Waals surface area contributed by atoms with Crippen molar-refractivity contribution in [1.29, 1.82) is 0 Å². The highest BCUT2D eigenvalue weighted by atomic mass is 35.5. The quantitative estimate of drug-likeness (QED) is 0.159. The summed E-state index contributed by atoms with van der Waals surface area (Å²) in [5.74, 6) is -0.151. The Morgan fingerprint density at radius 3 is 2.48 bits per heavy atom. The van der Waals surface area contributed by atoms with E-state index < -0.39 is 18.7 Å². The van der Waals surface area contributed by atoms with Crippen molar-refractivity contribution in [3.8, 4) is 11.5 Å². The third-order valence-electron chi connectivity index (χ3n) is 6.71. The number of carbonyl (C=O) groups is 1. The molecule has 0 saturated heterocycles. The van der Waals surface area contributed by atoms with Crippen LogP contribution in [0.4, 0.5) is 14.5 Å². The Kier molecular flexibility index (Phi) is 9.71. The number of halogens is 4. The molecule has 0 aliphatic heterocycles. The van der Waals surface area contributed by atoms with Crippen LogP contribution >= 0.6 is 23.2 Å². The van der Waals surface area contributed by atoms with Gasteiger partial charge in [-0.05, 0) is 66.3 Å². The number of hydrogen-bond acceptors (Lipinski definition) is 6. The molecule has 5 rings (SSSR count). The van der Waals surface area contributed by atoms with Gasteiger partial charge in [0.2, 0.25) is 0 Å². The van der Waals surface area contributed by atoms with E-state index in [1.807, 2.05) is 24.3 Å². The average Bonchev–Trinajstić information content (AvgIpc) is 3.82. The van der Waals surface area contributed by atoms with Crippen molar-refractivity contribution in [3.05, 3.63) is 112 Å². The van der Waals surface area contributed by atoms with Crippen LogP contribution in [0.5, 0.6) is 11.5 Å². The molecule has 218 valence electrons. The molecule has 0 radical (unpaired) electrons. The lowest BCUT2D eigenvalue weighted by molar-refractivity contribution is -0.377. The maximum Gasteiger partial charge on any atom is 0.387 e. The number of ether oxygens (including phenoxy) is 3. The Bertz CT molecular complexity index is 1490. The first-order valence-corrected chi connectivity index (χ1v) is 14.1. The van der Waals surface area contributed by atoms with Crippen molar-refractivity contribution in [2.75, 3.05) is 11.9 Å². The highest BCUT2D eigenvalue weighted by Gasteiger charge is 2.26. The second-order valence-corrected chi connectivity index (χ2v) is 10.7. The van der Waals surface area contributed by atoms with Crippen molar-refractivity contribution in [3.63, 3.8) is 0 Å². The van der Waals surface area contributed by atoms with Crippen molar-refractivity contribution < 1.29 is 32.8 Å². The normalized spacial score (nSPS) is 13.5. The predicted molar refractivity (Wildman–Crippen MR) is 154 cm³/mol. The van der Waals surface area contributed by atoms with Crippen molar-refractivity contribution in [2.45, 2.75) is 38.5 Å². The molecule has 4 aromatic rings. The molecule has 7 nitrogen and oxygen atoms in total. The molecule has 0 unspecified atom stereocenters. The molecule has 11 heteroatoms. The highest BCUT2D eigenvalue weighted by molar-refractivity contribution is 6.35. The number of esters is 1. The monoisotopic (exact) mass is 614 g/mol. The van der Waals surface area contributed by atoms with Gasteiger partial charge in [-0.2, -0.15) is 8.78 Å². The largest absolute Gasteiger partial charge is 0.489 e. The molecule has 0 amide bonds. The van der Waals surface area contributed by atoms with Gasteiger partial charge in [-0.25, -0.2) is 9.78 Å². The molecule has 1 aliphatic carbocycles. The number of hydrogen-bond donors (Lipinski definition) is 1. The van der Waals surface area contributed by atoms with Gasteiger partial charge in [0.15, 0.2) is 23.9 Å². The van der Waals surface area contributed by atoms with Gasteiger partial charge in [-0.1, -0.05) is 41.4 Å². The molecule has 0 spiro atoms. The fraction of sp³-hybridized carbons (Fsp3) is 0.258. The summed E-state index contributed by atoms with van der Waals surface area (Å²) in [6.45, 7) is -2.10. The van der Waals surface area contributed by atoms with E-state index in [1.165, 1.54) is 6.07 Å². The van der Waals surface area contributed by atoms with Gasteiger partial charge in [0, 0.05) is 30.9 Å². The third kappa shape index (κ3) is 8.08. The van der Waals surface area contributed by atoms with Crippen LogP contribution in [-0.4, -0.2) is 24.2 Å². The van der Waals surface area contributed by atoms with Gasteiger partial charge in [-0.3, -0.25) is 4.98 Å². The number of nitrogens with one attached hydrogen (secondary N) is 2. The maximum absolute atomic E-state index is 13.3. The number of anilines is 1. The van der Waals surface area contributed by atoms with Crippen LogP contribution in [0.1, 0.15) is 46.0 Å². The van der Waals surface area contributed by atoms with Gasteiger partial charge in [0.25, 0.3) is 0 Å². The molecule has 42 heavy (non-hydrogen) atoms. The zero-order valence-corrected chi connectivity index (χ0v) is 23.9. The average molecular weight is 615 g/mol. The van der Waals surface area contributed by atoms with Crippen molar-refractivity contribution >= 4 is 34.9 Å². The van der Waals surface area contributed by atoms with Crippen LogP contribution in [0.15, 0.2) is 79.4 Å². The zero-order valence-electron chi connectivity index (χ0n) is 22.4. The summed E-state index contributed by atoms with van der Waals surface area (Å²) in [5.41, 5.74) is 3.24. The molecule has 1 aliphatic rings. The molecule has 1 saturated carbocycles. The molecular formula is C31H28Cl2F2N3O4+. The summed E-state index contributed by atoms with van der Waals surface area (Å²) in [6, 6.07) is 15.3. The van der Waals surface area contributed by atoms with Crippen LogP contribution in [-0.2, 0) is 17.7 Å². The first-order chi connectivity index (χ1) is 20.4. The lowest BCUT2D eigenvalue weighted by Gasteiger charge is -2.21. The summed E-state index contributed by atoms with van der Waals surface area (Å²) < 4.78 is 42.7. The Labute approximate surface area is 251 Å². The molecular weight excluding hydrogens is 587 g/mol. The number of carbonyl (C=O) groups excluding carboxylic acids is 1. The summed E-state index contributed by atoms with van der Waals surface area (Å²) in [6.07, 6.45) is 7.87. The van der Waals surface area contributed by atoms with Crippen LogP contribution in [0.25, 0.3) is 0 Å². The SMILES string of the molecule is O=C(O[C@@H](Cc1c(Cl)c[nH+]cc1Cl)c1ccc(OC(F)F)c(OCC2CC2)c1)c1ccc(CNc2cccnc2)cc1. The number of alkyl halides is 2. The minimum Gasteiger partial charge on any atom is -0.489 e. The van der Waals surface area contributed by atoms with E-state index in [-0.39, 0.29) is 17.9 Å². The fourth-order valence-corrected chi connectivity index (χ4v) is 4.77. The molecule has 1 atom stereocenters. The van der Waals surface area contributed by atoms with Gasteiger partial charge >= 0.3 is 12.6 Å². The van der Waals surface area contributed by atoms with Crippen molar-refractivity contribution in [1.82, 2.24) is 4.98 Å². The van der Waals surface area contributed by atoms with Gasteiger partial charge in [-0.15, -0.1) is 0 Å². The zero-order chi connectivity index (χ0) is 29.5. The molecule has 2 N–H and O–H groups in total. The lowest BCUT2D eigenvalue weighted by atomic mass is 10.0. The summed E-state index contributed by atoms with van der Waals surface area (Å²) in [4.78, 5) is 20.3. The highest BCUT2D eigenvalue weighted by Crippen LogP contribution is 2.38. The summed E-state index contributed by atoms with van der Waals surface area (Å²) >= 11 is 12.8. The number of nitrogens with zero attached hydrogens (tertiary/aromatic N) is 1. The van der Waals surface area contributed by atoms with Crippen molar-refractivity contribution in [2.24, 2.45) is 5.92 Å². The Morgan fingerprint density at radius 1 is 1.05 bits per heavy atom. The molecule has 2 heterocycles. The topological polar surface area (TPSA) is 83.8 Å². The Morgan fingerprint density at radius 2 is 1.81 bits per heavy atom. The third-order valence-corrected chi connectivity index (χ3v) is 7.38. The van der Waals surface area contributed by atoms with E-state index in [9.17, 15) is 13.6 Å². The predicted octanol–water partition coefficient (Wildman–Crippen LogP) is 7.35. The number of rotatable bonds is 13. The van der Waals surface area contributed by atoms with Gasteiger partial charge in [0.05, 0.1) is 17.9 Å². The number of H-pyrrole nitrogens is 1. The first-order valence-electron chi connectivity index (χ1n) is 13.3. The second kappa shape index (κ2) is 13.8. The van der Waals surface area contributed by atoms with Gasteiger partial charge < -0.3 is 19.5 Å². The van der Waals surface area contributed by atoms with E-state index in [0.29, 0.717) is 45.8 Å². The van der Waals surface area contributed by atoms with E-state index in [4.69, 9.17) is 32.7 Å². The lowest BCUT2D eigenvalue weighted by Crippen LogP contribution is -2.16. The minimum absolute atomic E-state index is 0.0969. The first kappa shape index (κ1) is 29.5. The van der Waals surface area contributed by atoms with Crippen LogP contribution in [0, 0.1) is 5.92 Å².